The Hall–Kier alpha value is -2.44. The van der Waals surface area contributed by atoms with E-state index < -0.39 is 0 Å². The van der Waals surface area contributed by atoms with Crippen LogP contribution in [-0.2, 0) is 13.1 Å². The number of aromatic nitrogens is 3. The Labute approximate surface area is 154 Å². The largest absolute Gasteiger partial charge is 0.328 e. The van der Waals surface area contributed by atoms with E-state index in [1.54, 1.807) is 42.4 Å². The first kappa shape index (κ1) is 17.4. The molecule has 8 heteroatoms. The lowest BCUT2D eigenvalue weighted by Gasteiger charge is -2.22. The minimum Gasteiger partial charge on any atom is -0.328 e. The number of carbonyl (C=O) groups is 1. The van der Waals surface area contributed by atoms with Gasteiger partial charge in [-0.15, -0.1) is 0 Å². The molecule has 1 amide bonds. The Balaban J connectivity index is 1.91. The average molecular weight is 377 g/mol. The molecule has 0 N–H and O–H groups in total. The normalized spacial score (nSPS) is 10.7. The first-order chi connectivity index (χ1) is 12.0. The molecule has 3 rings (SSSR count). The Morgan fingerprint density at radius 1 is 1.20 bits per heavy atom. The maximum absolute atomic E-state index is 12.9. The molecule has 0 unspecified atom stereocenters. The lowest BCUT2D eigenvalue weighted by atomic mass is 10.1. The highest BCUT2D eigenvalue weighted by molar-refractivity contribution is 6.35. The molecule has 0 saturated carbocycles. The second-order valence-electron chi connectivity index (χ2n) is 5.46. The average Bonchev–Trinajstić information content (AvgIpc) is 3.03. The van der Waals surface area contributed by atoms with Crippen molar-refractivity contribution in [3.05, 3.63) is 75.3 Å². The maximum Gasteiger partial charge on any atom is 0.278 e. The van der Waals surface area contributed by atoms with Gasteiger partial charge in [0.15, 0.2) is 5.69 Å². The Bertz CT molecular complexity index is 883. The zero-order valence-corrected chi connectivity index (χ0v) is 14.8. The summed E-state index contributed by atoms with van der Waals surface area (Å²) >= 11 is 12.2. The molecule has 0 aliphatic rings. The molecule has 0 aliphatic heterocycles. The van der Waals surface area contributed by atoms with Gasteiger partial charge in [0.05, 0.1) is 0 Å². The van der Waals surface area contributed by atoms with Crippen molar-refractivity contribution in [2.24, 2.45) is 0 Å². The fraction of sp³-hybridized carbons (Fsp3) is 0.176. The molecule has 0 fully saturated rings. The van der Waals surface area contributed by atoms with Crippen molar-refractivity contribution in [2.45, 2.75) is 20.0 Å². The van der Waals surface area contributed by atoms with E-state index >= 15 is 0 Å². The molecule has 6 nitrogen and oxygen atoms in total. The van der Waals surface area contributed by atoms with Gasteiger partial charge in [0.2, 0.25) is 0 Å². The van der Waals surface area contributed by atoms with Gasteiger partial charge in [-0.05, 0) is 41.4 Å². The fourth-order valence-electron chi connectivity index (χ4n) is 2.34. The smallest absolute Gasteiger partial charge is 0.278 e. The maximum atomic E-state index is 12.9. The van der Waals surface area contributed by atoms with Crippen molar-refractivity contribution >= 4 is 29.1 Å². The first-order valence-electron chi connectivity index (χ1n) is 7.46. The van der Waals surface area contributed by atoms with Crippen LogP contribution in [0.4, 0.5) is 0 Å². The van der Waals surface area contributed by atoms with Crippen molar-refractivity contribution in [1.29, 1.82) is 0 Å². The van der Waals surface area contributed by atoms with E-state index in [0.717, 1.165) is 11.1 Å². The van der Waals surface area contributed by atoms with Gasteiger partial charge < -0.3 is 4.90 Å². The highest BCUT2D eigenvalue weighted by Gasteiger charge is 2.23. The van der Waals surface area contributed by atoms with Crippen LogP contribution < -0.4 is 0 Å². The number of benzene rings is 1. The van der Waals surface area contributed by atoms with E-state index in [0.29, 0.717) is 22.3 Å². The summed E-state index contributed by atoms with van der Waals surface area (Å²) in [5.74, 6) is -0.298. The SMILES string of the molecule is Cc1nonc1C(=O)N(Cc1cccnc1)Cc1ccc(Cl)cc1Cl. The highest BCUT2D eigenvalue weighted by atomic mass is 35.5. The number of hydrogen-bond acceptors (Lipinski definition) is 5. The van der Waals surface area contributed by atoms with E-state index in [9.17, 15) is 4.79 Å². The molecule has 2 aromatic heterocycles. The van der Waals surface area contributed by atoms with Gasteiger partial charge in [0.25, 0.3) is 5.91 Å². The molecule has 2 heterocycles. The summed E-state index contributed by atoms with van der Waals surface area (Å²) in [6.45, 7) is 2.30. The standard InChI is InChI=1S/C17H14Cl2N4O2/c1-11-16(22-25-21-11)17(24)23(9-12-3-2-6-20-8-12)10-13-4-5-14(18)7-15(13)19/h2-8H,9-10H2,1H3. The lowest BCUT2D eigenvalue weighted by Crippen LogP contribution is -2.31. The molecule has 25 heavy (non-hydrogen) atoms. The Morgan fingerprint density at radius 3 is 2.68 bits per heavy atom. The van der Waals surface area contributed by atoms with Crippen LogP contribution in [-0.4, -0.2) is 26.1 Å². The van der Waals surface area contributed by atoms with Crippen LogP contribution in [0.3, 0.4) is 0 Å². The van der Waals surface area contributed by atoms with Gasteiger partial charge in [0.1, 0.15) is 5.69 Å². The predicted molar refractivity (Wildman–Crippen MR) is 93.3 cm³/mol. The van der Waals surface area contributed by atoms with Crippen LogP contribution in [0.2, 0.25) is 10.0 Å². The Morgan fingerprint density at radius 2 is 2.04 bits per heavy atom. The lowest BCUT2D eigenvalue weighted by molar-refractivity contribution is 0.0718. The second-order valence-corrected chi connectivity index (χ2v) is 6.30. The van der Waals surface area contributed by atoms with E-state index in [1.165, 1.54) is 0 Å². The third-order valence-corrected chi connectivity index (χ3v) is 4.20. The molecular formula is C17H14Cl2N4O2. The number of pyridine rings is 1. The number of nitrogens with zero attached hydrogens (tertiary/aromatic N) is 4. The zero-order chi connectivity index (χ0) is 17.8. The van der Waals surface area contributed by atoms with E-state index in [-0.39, 0.29) is 18.1 Å². The van der Waals surface area contributed by atoms with Crippen LogP contribution >= 0.6 is 23.2 Å². The van der Waals surface area contributed by atoms with Crippen LogP contribution in [0.1, 0.15) is 27.3 Å². The molecule has 3 aromatic rings. The molecule has 0 bridgehead atoms. The minimum absolute atomic E-state index is 0.175. The van der Waals surface area contributed by atoms with Gasteiger partial charge in [-0.25, -0.2) is 4.63 Å². The summed E-state index contributed by atoms with van der Waals surface area (Å²) in [4.78, 5) is 18.6. The quantitative estimate of drug-likeness (QED) is 0.674. The summed E-state index contributed by atoms with van der Waals surface area (Å²) in [6, 6.07) is 8.88. The van der Waals surface area contributed by atoms with Crippen LogP contribution in [0.5, 0.6) is 0 Å². The summed E-state index contributed by atoms with van der Waals surface area (Å²) in [5.41, 5.74) is 2.27. The van der Waals surface area contributed by atoms with Gasteiger partial charge in [-0.1, -0.05) is 40.5 Å². The molecule has 0 saturated heterocycles. The summed E-state index contributed by atoms with van der Waals surface area (Å²) in [6.07, 6.45) is 3.38. The number of hydrogen-bond donors (Lipinski definition) is 0. The molecule has 128 valence electrons. The highest BCUT2D eigenvalue weighted by Crippen LogP contribution is 2.24. The van der Waals surface area contributed by atoms with Crippen LogP contribution in [0.25, 0.3) is 0 Å². The summed E-state index contributed by atoms with van der Waals surface area (Å²) in [7, 11) is 0. The van der Waals surface area contributed by atoms with Crippen molar-refractivity contribution in [1.82, 2.24) is 20.2 Å². The van der Waals surface area contributed by atoms with Crippen LogP contribution in [0.15, 0.2) is 47.4 Å². The third-order valence-electron chi connectivity index (χ3n) is 3.61. The zero-order valence-electron chi connectivity index (χ0n) is 13.3. The molecule has 1 aromatic carbocycles. The first-order valence-corrected chi connectivity index (χ1v) is 8.21. The van der Waals surface area contributed by atoms with Crippen molar-refractivity contribution in [2.75, 3.05) is 0 Å². The third kappa shape index (κ3) is 4.15. The van der Waals surface area contributed by atoms with Gasteiger partial charge in [-0.2, -0.15) is 0 Å². The van der Waals surface area contributed by atoms with Gasteiger partial charge in [-0.3, -0.25) is 9.78 Å². The monoisotopic (exact) mass is 376 g/mol. The van der Waals surface area contributed by atoms with E-state index in [4.69, 9.17) is 23.2 Å². The van der Waals surface area contributed by atoms with Crippen molar-refractivity contribution < 1.29 is 9.42 Å². The molecular weight excluding hydrogens is 363 g/mol. The minimum atomic E-state index is -0.298. The van der Waals surface area contributed by atoms with Crippen molar-refractivity contribution in [3.8, 4) is 0 Å². The number of amides is 1. The molecule has 0 spiro atoms. The van der Waals surface area contributed by atoms with Gasteiger partial charge in [0, 0.05) is 35.5 Å². The molecule has 0 radical (unpaired) electrons. The summed E-state index contributed by atoms with van der Waals surface area (Å²) < 4.78 is 4.65. The second kappa shape index (κ2) is 7.63. The number of aryl methyl sites for hydroxylation is 1. The Kier molecular flexibility index (Phi) is 5.31. The van der Waals surface area contributed by atoms with E-state index in [1.807, 2.05) is 12.1 Å². The fourth-order valence-corrected chi connectivity index (χ4v) is 2.81. The molecule has 0 aliphatic carbocycles. The van der Waals surface area contributed by atoms with Crippen LogP contribution in [0, 0.1) is 6.92 Å². The predicted octanol–water partition coefficient (Wildman–Crippen LogP) is 3.92. The van der Waals surface area contributed by atoms with Crippen molar-refractivity contribution in [3.63, 3.8) is 0 Å². The number of halogens is 2. The number of rotatable bonds is 5. The number of carbonyl (C=O) groups excluding carboxylic acids is 1. The van der Waals surface area contributed by atoms with E-state index in [2.05, 4.69) is 19.9 Å². The molecule has 0 atom stereocenters. The topological polar surface area (TPSA) is 72.1 Å². The summed E-state index contributed by atoms with van der Waals surface area (Å²) in [5, 5.41) is 8.41. The van der Waals surface area contributed by atoms with Gasteiger partial charge >= 0.3 is 0 Å².